The minimum absolute atomic E-state index is 0.691. The van der Waals surface area contributed by atoms with Crippen molar-refractivity contribution in [2.24, 2.45) is 5.92 Å². The standard InChI is InChI=1S/C16H26N2O/c1-14-12-17-9-5-10-18(13-14)16-7-4-3-6-15(16)8-11-19-2/h3-4,6-7,14,17H,5,8-13H2,1-2H3. The lowest BCUT2D eigenvalue weighted by atomic mass is 10.1. The van der Waals surface area contributed by atoms with Crippen LogP contribution in [0, 0.1) is 5.92 Å². The summed E-state index contributed by atoms with van der Waals surface area (Å²) >= 11 is 0. The summed E-state index contributed by atoms with van der Waals surface area (Å²) in [5.41, 5.74) is 2.80. The highest BCUT2D eigenvalue weighted by molar-refractivity contribution is 5.54. The van der Waals surface area contributed by atoms with Gasteiger partial charge in [-0.2, -0.15) is 0 Å². The maximum Gasteiger partial charge on any atom is 0.0503 e. The van der Waals surface area contributed by atoms with Crippen LogP contribution in [0.4, 0.5) is 5.69 Å². The molecule has 19 heavy (non-hydrogen) atoms. The number of hydrogen-bond donors (Lipinski definition) is 1. The SMILES string of the molecule is COCCc1ccccc1N1CCCNCC(C)C1. The number of nitrogens with zero attached hydrogens (tertiary/aromatic N) is 1. The third kappa shape index (κ3) is 4.22. The number of nitrogens with one attached hydrogen (secondary N) is 1. The highest BCUT2D eigenvalue weighted by Crippen LogP contribution is 2.23. The average molecular weight is 262 g/mol. The van der Waals surface area contributed by atoms with Crippen molar-refractivity contribution in [1.82, 2.24) is 5.32 Å². The van der Waals surface area contributed by atoms with Gasteiger partial charge in [0.1, 0.15) is 0 Å². The molecule has 1 heterocycles. The molecule has 0 bridgehead atoms. The minimum atomic E-state index is 0.691. The van der Waals surface area contributed by atoms with Crippen LogP contribution in [-0.4, -0.2) is 39.9 Å². The van der Waals surface area contributed by atoms with E-state index < -0.39 is 0 Å². The molecular formula is C16H26N2O. The predicted molar refractivity (Wildman–Crippen MR) is 80.9 cm³/mol. The van der Waals surface area contributed by atoms with Gasteiger partial charge < -0.3 is 15.0 Å². The van der Waals surface area contributed by atoms with Gasteiger partial charge in [0, 0.05) is 25.9 Å². The van der Waals surface area contributed by atoms with E-state index in [4.69, 9.17) is 4.74 Å². The molecule has 3 heteroatoms. The lowest BCUT2D eigenvalue weighted by Crippen LogP contribution is -2.39. The Balaban J connectivity index is 2.13. The molecule has 1 unspecified atom stereocenters. The average Bonchev–Trinajstić information content (AvgIpc) is 2.41. The van der Waals surface area contributed by atoms with Gasteiger partial charge in [-0.05, 0) is 43.5 Å². The molecule has 0 amide bonds. The van der Waals surface area contributed by atoms with Crippen LogP contribution in [-0.2, 0) is 11.2 Å². The Labute approximate surface area is 116 Å². The molecule has 1 N–H and O–H groups in total. The summed E-state index contributed by atoms with van der Waals surface area (Å²) in [6, 6.07) is 8.76. The molecule has 0 saturated carbocycles. The molecule has 106 valence electrons. The van der Waals surface area contributed by atoms with Crippen LogP contribution in [0.1, 0.15) is 18.9 Å². The summed E-state index contributed by atoms with van der Waals surface area (Å²) in [7, 11) is 1.77. The van der Waals surface area contributed by atoms with Crippen molar-refractivity contribution >= 4 is 5.69 Å². The minimum Gasteiger partial charge on any atom is -0.384 e. The van der Waals surface area contributed by atoms with E-state index in [0.29, 0.717) is 5.92 Å². The monoisotopic (exact) mass is 262 g/mol. The van der Waals surface area contributed by atoms with Crippen molar-refractivity contribution in [3.63, 3.8) is 0 Å². The molecule has 1 atom stereocenters. The zero-order valence-electron chi connectivity index (χ0n) is 12.2. The van der Waals surface area contributed by atoms with Crippen LogP contribution in [0.3, 0.4) is 0 Å². The Hall–Kier alpha value is -1.06. The van der Waals surface area contributed by atoms with Crippen molar-refractivity contribution in [3.05, 3.63) is 29.8 Å². The molecule has 0 aliphatic carbocycles. The summed E-state index contributed by atoms with van der Waals surface area (Å²) < 4.78 is 5.23. The van der Waals surface area contributed by atoms with Crippen LogP contribution in [0.2, 0.25) is 0 Å². The zero-order valence-corrected chi connectivity index (χ0v) is 12.2. The summed E-state index contributed by atoms with van der Waals surface area (Å²) in [4.78, 5) is 2.55. The largest absolute Gasteiger partial charge is 0.384 e. The molecule has 1 saturated heterocycles. The first-order valence-electron chi connectivity index (χ1n) is 7.33. The number of benzene rings is 1. The first-order valence-corrected chi connectivity index (χ1v) is 7.33. The maximum atomic E-state index is 5.23. The lowest BCUT2D eigenvalue weighted by Gasteiger charge is -2.32. The highest BCUT2D eigenvalue weighted by Gasteiger charge is 2.15. The molecule has 1 aliphatic heterocycles. The molecule has 1 aliphatic rings. The van der Waals surface area contributed by atoms with Crippen molar-refractivity contribution in [2.75, 3.05) is 44.8 Å². The lowest BCUT2D eigenvalue weighted by molar-refractivity contribution is 0.202. The Morgan fingerprint density at radius 3 is 3.05 bits per heavy atom. The smallest absolute Gasteiger partial charge is 0.0503 e. The van der Waals surface area contributed by atoms with E-state index in [9.17, 15) is 0 Å². The fourth-order valence-corrected chi connectivity index (χ4v) is 2.74. The summed E-state index contributed by atoms with van der Waals surface area (Å²) in [6.45, 7) is 7.64. The molecular weight excluding hydrogens is 236 g/mol. The van der Waals surface area contributed by atoms with E-state index in [1.165, 1.54) is 17.7 Å². The first-order chi connectivity index (χ1) is 9.31. The second-order valence-corrected chi connectivity index (χ2v) is 5.48. The van der Waals surface area contributed by atoms with Gasteiger partial charge in [-0.25, -0.2) is 0 Å². The van der Waals surface area contributed by atoms with Gasteiger partial charge in [-0.1, -0.05) is 25.1 Å². The molecule has 3 nitrogen and oxygen atoms in total. The molecule has 1 aromatic rings. The van der Waals surface area contributed by atoms with E-state index >= 15 is 0 Å². The summed E-state index contributed by atoms with van der Waals surface area (Å²) in [5.74, 6) is 0.691. The van der Waals surface area contributed by atoms with E-state index in [1.807, 2.05) is 0 Å². The molecule has 1 fully saturated rings. The second kappa shape index (κ2) is 7.51. The first kappa shape index (κ1) is 14.4. The molecule has 0 radical (unpaired) electrons. The Bertz CT molecular complexity index is 381. The van der Waals surface area contributed by atoms with E-state index in [-0.39, 0.29) is 0 Å². The van der Waals surface area contributed by atoms with E-state index in [0.717, 1.165) is 39.2 Å². The maximum absolute atomic E-state index is 5.23. The highest BCUT2D eigenvalue weighted by atomic mass is 16.5. The Kier molecular flexibility index (Phi) is 5.67. The van der Waals surface area contributed by atoms with Crippen LogP contribution < -0.4 is 10.2 Å². The number of methoxy groups -OCH3 is 1. The molecule has 0 spiro atoms. The van der Waals surface area contributed by atoms with Crippen LogP contribution in [0.25, 0.3) is 0 Å². The van der Waals surface area contributed by atoms with Crippen molar-refractivity contribution in [1.29, 1.82) is 0 Å². The topological polar surface area (TPSA) is 24.5 Å². The number of hydrogen-bond acceptors (Lipinski definition) is 3. The number of anilines is 1. The predicted octanol–water partition coefficient (Wildman–Crippen LogP) is 2.31. The fourth-order valence-electron chi connectivity index (χ4n) is 2.74. The Morgan fingerprint density at radius 1 is 1.37 bits per heavy atom. The molecule has 1 aromatic carbocycles. The van der Waals surface area contributed by atoms with E-state index in [2.05, 4.69) is 41.4 Å². The number of para-hydroxylation sites is 1. The van der Waals surface area contributed by atoms with Gasteiger partial charge in [-0.15, -0.1) is 0 Å². The number of rotatable bonds is 4. The van der Waals surface area contributed by atoms with Gasteiger partial charge in [0.15, 0.2) is 0 Å². The summed E-state index contributed by atoms with van der Waals surface area (Å²) in [5, 5.41) is 3.51. The van der Waals surface area contributed by atoms with Gasteiger partial charge >= 0.3 is 0 Å². The van der Waals surface area contributed by atoms with Crippen LogP contribution >= 0.6 is 0 Å². The van der Waals surface area contributed by atoms with Crippen LogP contribution in [0.5, 0.6) is 0 Å². The third-order valence-electron chi connectivity index (χ3n) is 3.71. The molecule has 0 aromatic heterocycles. The van der Waals surface area contributed by atoms with Crippen molar-refractivity contribution in [3.8, 4) is 0 Å². The summed E-state index contributed by atoms with van der Waals surface area (Å²) in [6.07, 6.45) is 2.21. The normalized spacial score (nSPS) is 20.9. The second-order valence-electron chi connectivity index (χ2n) is 5.48. The van der Waals surface area contributed by atoms with Gasteiger partial charge in [0.05, 0.1) is 6.61 Å². The quantitative estimate of drug-likeness (QED) is 0.901. The third-order valence-corrected chi connectivity index (χ3v) is 3.71. The van der Waals surface area contributed by atoms with Gasteiger partial charge in [0.2, 0.25) is 0 Å². The molecule has 2 rings (SSSR count). The van der Waals surface area contributed by atoms with Crippen LogP contribution in [0.15, 0.2) is 24.3 Å². The van der Waals surface area contributed by atoms with Crippen molar-refractivity contribution in [2.45, 2.75) is 19.8 Å². The fraction of sp³-hybridized carbons (Fsp3) is 0.625. The Morgan fingerprint density at radius 2 is 2.21 bits per heavy atom. The van der Waals surface area contributed by atoms with Crippen molar-refractivity contribution < 1.29 is 4.74 Å². The zero-order chi connectivity index (χ0) is 13.5. The van der Waals surface area contributed by atoms with E-state index in [1.54, 1.807) is 7.11 Å². The van der Waals surface area contributed by atoms with Gasteiger partial charge in [-0.3, -0.25) is 0 Å². The van der Waals surface area contributed by atoms with Gasteiger partial charge in [0.25, 0.3) is 0 Å². The number of ether oxygens (including phenoxy) is 1.